The zero-order valence-electron chi connectivity index (χ0n) is 10.5. The predicted molar refractivity (Wildman–Crippen MR) is 67.2 cm³/mol. The molecule has 0 bridgehead atoms. The maximum absolute atomic E-state index is 9.12. The van der Waals surface area contributed by atoms with E-state index >= 15 is 0 Å². The van der Waals surface area contributed by atoms with Gasteiger partial charge in [-0.3, -0.25) is 0 Å². The summed E-state index contributed by atoms with van der Waals surface area (Å²) in [7, 11) is 3.22. The zero-order valence-corrected chi connectivity index (χ0v) is 10.5. The number of nitrogens with zero attached hydrogens (tertiary/aromatic N) is 1. The molecule has 3 heteroatoms. The highest BCUT2D eigenvalue weighted by atomic mass is 16.5. The molecule has 0 spiro atoms. The Balaban J connectivity index is 3.07. The molecule has 1 rings (SSSR count). The van der Waals surface area contributed by atoms with Gasteiger partial charge in [-0.05, 0) is 25.0 Å². The van der Waals surface area contributed by atoms with E-state index in [0.717, 1.165) is 17.1 Å². The summed E-state index contributed by atoms with van der Waals surface area (Å²) >= 11 is 0. The van der Waals surface area contributed by atoms with E-state index in [2.05, 4.69) is 12.6 Å². The highest BCUT2D eigenvalue weighted by Crippen LogP contribution is 2.31. The van der Waals surface area contributed by atoms with E-state index in [1.165, 1.54) is 0 Å². The van der Waals surface area contributed by atoms with Gasteiger partial charge in [0.15, 0.2) is 0 Å². The van der Waals surface area contributed by atoms with Crippen LogP contribution >= 0.6 is 0 Å². The normalized spacial score (nSPS) is 13.3. The van der Waals surface area contributed by atoms with E-state index in [1.54, 1.807) is 20.3 Å². The van der Waals surface area contributed by atoms with Crippen molar-refractivity contribution in [1.82, 2.24) is 0 Å². The average Bonchev–Trinajstić information content (AvgIpc) is 2.39. The van der Waals surface area contributed by atoms with Crippen LogP contribution in [0.15, 0.2) is 30.9 Å². The fraction of sp³-hybridized carbons (Fsp3) is 0.357. The Kier molecular flexibility index (Phi) is 4.17. The van der Waals surface area contributed by atoms with Crippen LogP contribution in [0.3, 0.4) is 0 Å². The van der Waals surface area contributed by atoms with Crippen molar-refractivity contribution in [3.8, 4) is 17.6 Å². The van der Waals surface area contributed by atoms with Crippen molar-refractivity contribution < 1.29 is 9.47 Å². The van der Waals surface area contributed by atoms with E-state index < -0.39 is 5.41 Å². The summed E-state index contributed by atoms with van der Waals surface area (Å²) in [5.74, 6) is 1.47. The highest BCUT2D eigenvalue weighted by molar-refractivity contribution is 5.42. The van der Waals surface area contributed by atoms with Crippen LogP contribution in [0.2, 0.25) is 0 Å². The van der Waals surface area contributed by atoms with Gasteiger partial charge in [0.2, 0.25) is 0 Å². The van der Waals surface area contributed by atoms with Crippen LogP contribution in [0.25, 0.3) is 0 Å². The largest absolute Gasteiger partial charge is 0.497 e. The molecule has 0 aromatic heterocycles. The van der Waals surface area contributed by atoms with Crippen LogP contribution in [-0.4, -0.2) is 14.2 Å². The fourth-order valence-electron chi connectivity index (χ4n) is 1.55. The van der Waals surface area contributed by atoms with Crippen LogP contribution in [0.1, 0.15) is 12.5 Å². The number of hydrogen-bond acceptors (Lipinski definition) is 3. The van der Waals surface area contributed by atoms with E-state index in [-0.39, 0.29) is 0 Å². The molecule has 0 saturated heterocycles. The number of allylic oxidation sites excluding steroid dienone is 1. The molecule has 1 atom stereocenters. The number of ether oxygens (including phenoxy) is 2. The second-order valence-electron chi connectivity index (χ2n) is 4.09. The van der Waals surface area contributed by atoms with Crippen molar-refractivity contribution in [1.29, 1.82) is 5.26 Å². The molecule has 0 amide bonds. The third kappa shape index (κ3) is 3.01. The lowest BCUT2D eigenvalue weighted by Gasteiger charge is -2.18. The lowest BCUT2D eigenvalue weighted by molar-refractivity contribution is 0.387. The van der Waals surface area contributed by atoms with E-state index in [9.17, 15) is 0 Å². The van der Waals surface area contributed by atoms with Crippen LogP contribution in [-0.2, 0) is 6.42 Å². The number of hydrogen-bond donors (Lipinski definition) is 0. The van der Waals surface area contributed by atoms with Crippen molar-refractivity contribution in [2.45, 2.75) is 13.3 Å². The van der Waals surface area contributed by atoms with Gasteiger partial charge in [-0.25, -0.2) is 0 Å². The minimum Gasteiger partial charge on any atom is -0.497 e. The minimum absolute atomic E-state index is 0.570. The summed E-state index contributed by atoms with van der Waals surface area (Å²) in [6.07, 6.45) is 2.23. The average molecular weight is 231 g/mol. The first-order valence-electron chi connectivity index (χ1n) is 5.34. The SMILES string of the molecule is C=CC(C)(C#N)Cc1ccc(OC)cc1OC. The van der Waals surface area contributed by atoms with Gasteiger partial charge in [-0.1, -0.05) is 12.1 Å². The van der Waals surface area contributed by atoms with Gasteiger partial charge in [-0.2, -0.15) is 5.26 Å². The van der Waals surface area contributed by atoms with Crippen molar-refractivity contribution in [3.63, 3.8) is 0 Å². The van der Waals surface area contributed by atoms with Crippen LogP contribution in [0.5, 0.6) is 11.5 Å². The molecular formula is C14H17NO2. The topological polar surface area (TPSA) is 42.2 Å². The van der Waals surface area contributed by atoms with E-state index in [0.29, 0.717) is 6.42 Å². The third-order valence-electron chi connectivity index (χ3n) is 2.76. The number of rotatable bonds is 5. The molecular weight excluding hydrogens is 214 g/mol. The Hall–Kier alpha value is -1.95. The summed E-state index contributed by atoms with van der Waals surface area (Å²) in [5.41, 5.74) is 0.388. The predicted octanol–water partition coefficient (Wildman–Crippen LogP) is 2.96. The first kappa shape index (κ1) is 13.1. The van der Waals surface area contributed by atoms with Gasteiger partial charge < -0.3 is 9.47 Å². The summed E-state index contributed by atoms with van der Waals surface area (Å²) in [6, 6.07) is 7.84. The first-order valence-corrected chi connectivity index (χ1v) is 5.34. The molecule has 3 nitrogen and oxygen atoms in total. The van der Waals surface area contributed by atoms with Gasteiger partial charge >= 0.3 is 0 Å². The molecule has 0 saturated carbocycles. The summed E-state index contributed by atoms with van der Waals surface area (Å²) in [6.45, 7) is 5.55. The maximum Gasteiger partial charge on any atom is 0.125 e. The van der Waals surface area contributed by atoms with Crippen molar-refractivity contribution in [2.75, 3.05) is 14.2 Å². The van der Waals surface area contributed by atoms with Gasteiger partial charge in [-0.15, -0.1) is 6.58 Å². The Labute approximate surface area is 102 Å². The summed E-state index contributed by atoms with van der Waals surface area (Å²) in [4.78, 5) is 0. The Morgan fingerprint density at radius 2 is 2.12 bits per heavy atom. The third-order valence-corrected chi connectivity index (χ3v) is 2.76. The van der Waals surface area contributed by atoms with Gasteiger partial charge in [0.05, 0.1) is 25.7 Å². The standard InChI is InChI=1S/C14H17NO2/c1-5-14(2,10-15)9-11-6-7-12(16-3)8-13(11)17-4/h5-8H,1,9H2,2-4H3. The van der Waals surface area contributed by atoms with Crippen molar-refractivity contribution >= 4 is 0 Å². The van der Waals surface area contributed by atoms with Gasteiger partial charge in [0.25, 0.3) is 0 Å². The number of nitriles is 1. The maximum atomic E-state index is 9.12. The Morgan fingerprint density at radius 3 is 2.59 bits per heavy atom. The fourth-order valence-corrected chi connectivity index (χ4v) is 1.55. The van der Waals surface area contributed by atoms with Crippen LogP contribution in [0.4, 0.5) is 0 Å². The monoisotopic (exact) mass is 231 g/mol. The molecule has 0 aliphatic carbocycles. The molecule has 0 heterocycles. The molecule has 1 aromatic carbocycles. The number of methoxy groups -OCH3 is 2. The Bertz CT molecular complexity index is 448. The van der Waals surface area contributed by atoms with Gasteiger partial charge in [0.1, 0.15) is 11.5 Å². The molecule has 17 heavy (non-hydrogen) atoms. The second kappa shape index (κ2) is 5.40. The molecule has 1 unspecified atom stereocenters. The number of benzene rings is 1. The smallest absolute Gasteiger partial charge is 0.125 e. The summed E-state index contributed by atoms with van der Waals surface area (Å²) in [5, 5.41) is 9.12. The lowest BCUT2D eigenvalue weighted by Crippen LogP contribution is -2.14. The van der Waals surface area contributed by atoms with E-state index in [1.807, 2.05) is 25.1 Å². The zero-order chi connectivity index (χ0) is 12.9. The van der Waals surface area contributed by atoms with Gasteiger partial charge in [0, 0.05) is 6.07 Å². The molecule has 0 fully saturated rings. The quantitative estimate of drug-likeness (QED) is 0.732. The van der Waals surface area contributed by atoms with Crippen molar-refractivity contribution in [2.24, 2.45) is 5.41 Å². The van der Waals surface area contributed by atoms with E-state index in [4.69, 9.17) is 14.7 Å². The Morgan fingerprint density at radius 1 is 1.41 bits per heavy atom. The highest BCUT2D eigenvalue weighted by Gasteiger charge is 2.22. The second-order valence-corrected chi connectivity index (χ2v) is 4.09. The van der Waals surface area contributed by atoms with Crippen LogP contribution in [0, 0.1) is 16.7 Å². The van der Waals surface area contributed by atoms with Crippen molar-refractivity contribution in [3.05, 3.63) is 36.4 Å². The lowest BCUT2D eigenvalue weighted by atomic mass is 9.85. The molecule has 0 aliphatic rings. The van der Waals surface area contributed by atoms with Crippen LogP contribution < -0.4 is 9.47 Å². The molecule has 90 valence electrons. The molecule has 0 aliphatic heterocycles. The minimum atomic E-state index is -0.581. The molecule has 1 aromatic rings. The molecule has 0 radical (unpaired) electrons. The molecule has 0 N–H and O–H groups in total. The first-order chi connectivity index (χ1) is 8.08. The summed E-state index contributed by atoms with van der Waals surface area (Å²) < 4.78 is 10.4.